The van der Waals surface area contributed by atoms with Crippen LogP contribution in [0.25, 0.3) is 0 Å². The summed E-state index contributed by atoms with van der Waals surface area (Å²) in [4.78, 5) is 65.5. The van der Waals surface area contributed by atoms with Crippen molar-refractivity contribution in [3.8, 4) is 0 Å². The van der Waals surface area contributed by atoms with Gasteiger partial charge in [0, 0.05) is 21.1 Å². The number of hydrazine groups is 4. The van der Waals surface area contributed by atoms with Crippen molar-refractivity contribution >= 4 is 112 Å². The molecule has 0 atom stereocenters. The van der Waals surface area contributed by atoms with Crippen molar-refractivity contribution in [3.05, 3.63) is 182 Å². The highest BCUT2D eigenvalue weighted by atomic mass is 79.9. The lowest BCUT2D eigenvalue weighted by molar-refractivity contribution is -0.393. The summed E-state index contributed by atoms with van der Waals surface area (Å²) >= 11 is 6.69. The van der Waals surface area contributed by atoms with E-state index in [1.807, 2.05) is 0 Å². The number of hydrogen-bond acceptors (Lipinski definition) is 18. The van der Waals surface area contributed by atoms with Gasteiger partial charge in [0.1, 0.15) is 11.4 Å². The number of nitro groups is 4. The van der Waals surface area contributed by atoms with Crippen molar-refractivity contribution in [3.63, 3.8) is 0 Å². The number of carboxylic acids is 2. The fraction of sp³-hybridized carbons (Fsp3) is 0. The number of hydrogen-bond donors (Lipinski definition) is 4. The molecule has 64 heavy (non-hydrogen) atoms. The Morgan fingerprint density at radius 3 is 1.05 bits per heavy atom. The second kappa shape index (κ2) is 17.1. The predicted octanol–water partition coefficient (Wildman–Crippen LogP) is 9.30. The van der Waals surface area contributed by atoms with Crippen LogP contribution in [0.1, 0.15) is 20.7 Å². The Morgan fingerprint density at radius 2 is 0.750 bits per heavy atom. The third-order valence-corrected chi connectivity index (χ3v) is 10.4. The number of fused-ring (bicyclic) bond motifs is 2. The topological polar surface area (TPSA) is 307 Å². The molecular formula is C38H24Br2N10O14. The van der Waals surface area contributed by atoms with Crippen LogP contribution in [0.2, 0.25) is 0 Å². The number of nitrogens with zero attached hydrogens (tertiary/aromatic N) is 10. The minimum Gasteiger partial charge on any atom is -0.478 e. The van der Waals surface area contributed by atoms with Crippen LogP contribution < -0.4 is 30.6 Å². The maximum atomic E-state index is 11.8. The van der Waals surface area contributed by atoms with Crippen molar-refractivity contribution < 1.29 is 49.9 Å². The molecule has 0 bridgehead atoms. The normalized spacial score (nSPS) is 12.6. The molecule has 26 heteroatoms. The third kappa shape index (κ3) is 8.04. The Balaban J connectivity index is 0.000000193. The van der Waals surface area contributed by atoms with E-state index < -0.39 is 54.4 Å². The molecule has 0 unspecified atom stereocenters. The van der Waals surface area contributed by atoms with Crippen LogP contribution in [-0.4, -0.2) is 52.3 Å². The summed E-state index contributed by atoms with van der Waals surface area (Å²) in [5.74, 6) is -2.41. The van der Waals surface area contributed by atoms with E-state index >= 15 is 0 Å². The van der Waals surface area contributed by atoms with Gasteiger partial charge in [-0.05, 0) is 97.1 Å². The first kappa shape index (κ1) is 43.6. The van der Waals surface area contributed by atoms with Gasteiger partial charge in [-0.25, -0.2) is 19.6 Å². The summed E-state index contributed by atoms with van der Waals surface area (Å²) < 4.78 is 1.59. The van der Waals surface area contributed by atoms with Gasteiger partial charge in [0.05, 0.1) is 65.7 Å². The molecule has 6 aromatic rings. The Labute approximate surface area is 373 Å². The van der Waals surface area contributed by atoms with Gasteiger partial charge in [-0.3, -0.25) is 50.9 Å². The second-order valence-corrected chi connectivity index (χ2v) is 15.0. The Hall–Kier alpha value is -8.46. The molecule has 0 fully saturated rings. The van der Waals surface area contributed by atoms with Crippen LogP contribution in [0.15, 0.2) is 130 Å². The predicted molar refractivity (Wildman–Crippen MR) is 232 cm³/mol. The smallest absolute Gasteiger partial charge is 0.335 e. The van der Waals surface area contributed by atoms with E-state index in [2.05, 4.69) is 31.9 Å². The molecule has 2 aliphatic rings. The average molecular weight is 1000 g/mol. The molecule has 4 N–H and O–H groups in total. The van der Waals surface area contributed by atoms with E-state index in [4.69, 9.17) is 10.2 Å². The number of benzene rings is 6. The highest BCUT2D eigenvalue weighted by Crippen LogP contribution is 2.53. The first-order chi connectivity index (χ1) is 30.4. The molecule has 0 aliphatic carbocycles. The summed E-state index contributed by atoms with van der Waals surface area (Å²) in [5.41, 5.74) is -1.85. The average Bonchev–Trinajstić information content (AvgIpc) is 3.73. The zero-order chi connectivity index (χ0) is 46.3. The Bertz CT molecular complexity index is 2890. The zero-order valence-corrected chi connectivity index (χ0v) is 34.8. The summed E-state index contributed by atoms with van der Waals surface area (Å²) in [6.07, 6.45) is 0. The van der Waals surface area contributed by atoms with Crippen molar-refractivity contribution in [1.29, 1.82) is 0 Å². The molecule has 2 heterocycles. The number of halogens is 2. The quantitative estimate of drug-likeness (QED) is 0.0733. The molecule has 0 aromatic heterocycles. The summed E-state index contributed by atoms with van der Waals surface area (Å²) in [7, 11) is 0. The third-order valence-electron chi connectivity index (χ3n) is 9.35. The first-order valence-corrected chi connectivity index (χ1v) is 19.3. The monoisotopic (exact) mass is 1000 g/mol. The lowest BCUT2D eigenvalue weighted by Crippen LogP contribution is -2.45. The minimum atomic E-state index is -1.21. The largest absolute Gasteiger partial charge is 0.478 e. The van der Waals surface area contributed by atoms with E-state index in [1.54, 1.807) is 48.5 Å². The van der Waals surface area contributed by atoms with Gasteiger partial charge in [0.15, 0.2) is 11.4 Å². The molecular weight excluding hydrogens is 980 g/mol. The highest BCUT2D eigenvalue weighted by Gasteiger charge is 2.44. The summed E-state index contributed by atoms with van der Waals surface area (Å²) in [6, 6.07) is 27.6. The van der Waals surface area contributed by atoms with Crippen LogP contribution in [0.3, 0.4) is 0 Å². The lowest BCUT2D eigenvalue weighted by Gasteiger charge is -2.33. The maximum Gasteiger partial charge on any atom is 0.335 e. The number of rotatable bonds is 10. The summed E-state index contributed by atoms with van der Waals surface area (Å²) in [6.45, 7) is 0. The van der Waals surface area contributed by atoms with Crippen LogP contribution in [0.5, 0.6) is 0 Å². The first-order valence-electron chi connectivity index (χ1n) is 17.7. The van der Waals surface area contributed by atoms with Crippen LogP contribution in [-0.2, 0) is 0 Å². The molecule has 0 saturated carbocycles. The van der Waals surface area contributed by atoms with Crippen molar-refractivity contribution in [2.75, 3.05) is 30.6 Å². The lowest BCUT2D eigenvalue weighted by atomic mass is 10.1. The number of carboxylic acid groups (broad SMARTS) is 2. The maximum absolute atomic E-state index is 11.8. The van der Waals surface area contributed by atoms with E-state index in [1.165, 1.54) is 58.7 Å². The van der Waals surface area contributed by atoms with Crippen molar-refractivity contribution in [2.45, 2.75) is 0 Å². The van der Waals surface area contributed by atoms with Crippen LogP contribution in [0.4, 0.5) is 68.2 Å². The fourth-order valence-electron chi connectivity index (χ4n) is 6.54. The fourth-order valence-corrected chi connectivity index (χ4v) is 7.07. The summed E-state index contributed by atoms with van der Waals surface area (Å²) in [5, 5.41) is 92.4. The molecule has 2 aliphatic heterocycles. The Kier molecular flexibility index (Phi) is 11.7. The van der Waals surface area contributed by atoms with Gasteiger partial charge in [-0.15, -0.1) is 10.3 Å². The zero-order valence-electron chi connectivity index (χ0n) is 31.6. The number of non-ortho nitro benzene ring substituents is 2. The van der Waals surface area contributed by atoms with E-state index in [9.17, 15) is 60.5 Å². The molecule has 6 aromatic carbocycles. The standard InChI is InChI=1S/C20H13N5O9.C18H11Br2N5O5/c26-19(27)11-1-5-13(6-2-11)21-18-16(9-15(24(31)32)10-17(18)25(33)34)23(30)22(21)14-7-3-12(4-8-14)20(28)29;19-11-1-5-13(6-2-11)21-18-16(9-15(24(27)28)10-17(18)25(29)30)23(26)22(21)14-7-3-12(20)4-8-14/h1-10,30H,(H,26,27)(H,28,29);1-10,26H. The molecule has 8 rings (SSSR count). The molecule has 0 amide bonds. The van der Waals surface area contributed by atoms with Gasteiger partial charge >= 0.3 is 23.3 Å². The molecule has 0 radical (unpaired) electrons. The minimum absolute atomic E-state index is 0.00154. The molecule has 24 nitrogen and oxygen atoms in total. The number of anilines is 8. The molecule has 0 spiro atoms. The number of carbonyl (C=O) groups is 2. The number of aromatic carboxylic acids is 2. The number of nitro benzene ring substituents is 4. The van der Waals surface area contributed by atoms with Gasteiger partial charge in [0.2, 0.25) is 0 Å². The second-order valence-electron chi connectivity index (χ2n) is 13.1. The van der Waals surface area contributed by atoms with E-state index in [0.29, 0.717) is 21.7 Å². The van der Waals surface area contributed by atoms with Crippen molar-refractivity contribution in [2.24, 2.45) is 0 Å². The van der Waals surface area contributed by atoms with E-state index in [0.717, 1.165) is 43.3 Å². The van der Waals surface area contributed by atoms with Crippen LogP contribution >= 0.6 is 31.9 Å². The SMILES string of the molecule is O=C(O)c1ccc(N2c3c(cc([N+](=O)[O-])cc3[N+](=O)[O-])N(O)N2c2ccc(C(=O)O)cc2)cc1.O=[N+]([O-])c1cc2c(c([N+](=O)[O-])c1)N(c1ccc(Br)cc1)N(c1ccc(Br)cc1)N2O. The van der Waals surface area contributed by atoms with Gasteiger partial charge in [0.25, 0.3) is 11.4 Å². The van der Waals surface area contributed by atoms with Crippen LogP contribution in [0, 0.1) is 40.5 Å². The van der Waals surface area contributed by atoms with Gasteiger partial charge in [-0.1, -0.05) is 31.9 Å². The molecule has 0 saturated heterocycles. The van der Waals surface area contributed by atoms with E-state index in [-0.39, 0.29) is 45.3 Å². The highest BCUT2D eigenvalue weighted by molar-refractivity contribution is 9.10. The van der Waals surface area contributed by atoms with Crippen molar-refractivity contribution in [1.82, 2.24) is 0 Å². The Morgan fingerprint density at radius 1 is 0.453 bits per heavy atom. The van der Waals surface area contributed by atoms with Gasteiger partial charge in [-0.2, -0.15) is 10.2 Å². The van der Waals surface area contributed by atoms with Gasteiger partial charge < -0.3 is 10.2 Å². The molecule has 324 valence electrons.